The third kappa shape index (κ3) is 1.91. The highest BCUT2D eigenvalue weighted by Gasteiger charge is 2.14. The van der Waals surface area contributed by atoms with Gasteiger partial charge in [0.15, 0.2) is 0 Å². The van der Waals surface area contributed by atoms with Gasteiger partial charge in [0, 0.05) is 0 Å². The fourth-order valence-corrected chi connectivity index (χ4v) is 2.44. The molecule has 0 saturated carbocycles. The van der Waals surface area contributed by atoms with Gasteiger partial charge in [-0.1, -0.05) is 60.7 Å². The van der Waals surface area contributed by atoms with Gasteiger partial charge >= 0.3 is 0 Å². The van der Waals surface area contributed by atoms with Crippen molar-refractivity contribution in [3.05, 3.63) is 77.4 Å². The Morgan fingerprint density at radius 3 is 2.56 bits per heavy atom. The van der Waals surface area contributed by atoms with E-state index in [2.05, 4.69) is 68.1 Å². The van der Waals surface area contributed by atoms with Gasteiger partial charge in [-0.25, -0.2) is 0 Å². The molecule has 3 rings (SSSR count). The first-order valence-corrected chi connectivity index (χ1v) is 6.29. The zero-order chi connectivity index (χ0) is 12.5. The van der Waals surface area contributed by atoms with Crippen molar-refractivity contribution in [2.24, 2.45) is 0 Å². The second-order valence-corrected chi connectivity index (χ2v) is 4.91. The fourth-order valence-electron chi connectivity index (χ4n) is 2.44. The lowest BCUT2D eigenvalue weighted by Crippen LogP contribution is -1.86. The highest BCUT2D eigenvalue weighted by molar-refractivity contribution is 5.89. The molecule has 18 heavy (non-hydrogen) atoms. The Labute approximate surface area is 108 Å². The van der Waals surface area contributed by atoms with Gasteiger partial charge in [0.2, 0.25) is 0 Å². The molecule has 0 heteroatoms. The quantitative estimate of drug-likeness (QED) is 0.696. The van der Waals surface area contributed by atoms with Crippen molar-refractivity contribution in [1.82, 2.24) is 0 Å². The van der Waals surface area contributed by atoms with Crippen LogP contribution in [0.4, 0.5) is 0 Å². The van der Waals surface area contributed by atoms with E-state index in [1.54, 1.807) is 0 Å². The van der Waals surface area contributed by atoms with E-state index in [1.807, 2.05) is 0 Å². The molecule has 1 aliphatic carbocycles. The lowest BCUT2D eigenvalue weighted by atomic mass is 10.0. The van der Waals surface area contributed by atoms with Crippen molar-refractivity contribution in [3.8, 4) is 0 Å². The Morgan fingerprint density at radius 1 is 1.06 bits per heavy atom. The van der Waals surface area contributed by atoms with Crippen LogP contribution in [0.5, 0.6) is 0 Å². The van der Waals surface area contributed by atoms with E-state index in [1.165, 1.54) is 27.8 Å². The van der Waals surface area contributed by atoms with Gasteiger partial charge in [-0.05, 0) is 47.2 Å². The molecule has 0 aromatic heterocycles. The normalized spacial score (nSPS) is 13.1. The monoisotopic (exact) mass is 232 g/mol. The van der Waals surface area contributed by atoms with Crippen LogP contribution in [-0.4, -0.2) is 0 Å². The van der Waals surface area contributed by atoms with Crippen molar-refractivity contribution in [1.29, 1.82) is 0 Å². The Balaban J connectivity index is 2.00. The van der Waals surface area contributed by atoms with Crippen LogP contribution >= 0.6 is 0 Å². The van der Waals surface area contributed by atoms with E-state index in [9.17, 15) is 0 Å². The predicted molar refractivity (Wildman–Crippen MR) is 79.2 cm³/mol. The molecule has 0 unspecified atom stereocenters. The summed E-state index contributed by atoms with van der Waals surface area (Å²) in [7, 11) is 0. The molecule has 2 aromatic rings. The first kappa shape index (κ1) is 11.0. The third-order valence-electron chi connectivity index (χ3n) is 3.49. The smallest absolute Gasteiger partial charge is 0.00137 e. The lowest BCUT2D eigenvalue weighted by molar-refractivity contribution is 1.31. The average molecular weight is 232 g/mol. The summed E-state index contributed by atoms with van der Waals surface area (Å²) in [5, 5.41) is 0. The molecule has 1 aliphatic rings. The van der Waals surface area contributed by atoms with Crippen LogP contribution in [-0.2, 0) is 6.42 Å². The SMILES string of the molecule is C=C(C)c1ccc2c(c1)C=C(c1ccccc1)C2. The summed E-state index contributed by atoms with van der Waals surface area (Å²) in [4.78, 5) is 0. The molecule has 2 aromatic carbocycles. The van der Waals surface area contributed by atoms with E-state index >= 15 is 0 Å². The number of benzene rings is 2. The Morgan fingerprint density at radius 2 is 1.83 bits per heavy atom. The summed E-state index contributed by atoms with van der Waals surface area (Å²) in [5.74, 6) is 0. The average Bonchev–Trinajstić information content (AvgIpc) is 2.82. The minimum Gasteiger partial charge on any atom is -0.0955 e. The summed E-state index contributed by atoms with van der Waals surface area (Å²) in [6.07, 6.45) is 3.34. The van der Waals surface area contributed by atoms with Crippen LogP contribution in [0.15, 0.2) is 55.1 Å². The number of allylic oxidation sites excluding steroid dienone is 2. The molecular formula is C18H16. The molecule has 0 aliphatic heterocycles. The predicted octanol–water partition coefficient (Wildman–Crippen LogP) is 4.82. The van der Waals surface area contributed by atoms with Gasteiger partial charge in [0.1, 0.15) is 0 Å². The first-order chi connectivity index (χ1) is 8.74. The van der Waals surface area contributed by atoms with Crippen LogP contribution in [0.2, 0.25) is 0 Å². The number of rotatable bonds is 2. The van der Waals surface area contributed by atoms with Crippen molar-refractivity contribution >= 4 is 17.2 Å². The van der Waals surface area contributed by atoms with E-state index in [4.69, 9.17) is 0 Å². The summed E-state index contributed by atoms with van der Waals surface area (Å²) in [6, 6.07) is 17.2. The maximum atomic E-state index is 4.01. The second kappa shape index (κ2) is 4.30. The number of hydrogen-bond donors (Lipinski definition) is 0. The van der Waals surface area contributed by atoms with Crippen molar-refractivity contribution in [2.75, 3.05) is 0 Å². The molecule has 0 atom stereocenters. The number of fused-ring (bicyclic) bond motifs is 1. The van der Waals surface area contributed by atoms with E-state index in [0.717, 1.165) is 12.0 Å². The second-order valence-electron chi connectivity index (χ2n) is 4.91. The first-order valence-electron chi connectivity index (χ1n) is 6.29. The summed E-state index contributed by atoms with van der Waals surface area (Å²) < 4.78 is 0. The Hall–Kier alpha value is -2.08. The maximum absolute atomic E-state index is 4.01. The summed E-state index contributed by atoms with van der Waals surface area (Å²) in [6.45, 7) is 6.06. The van der Waals surface area contributed by atoms with Gasteiger partial charge in [-0.3, -0.25) is 0 Å². The highest BCUT2D eigenvalue weighted by Crippen LogP contribution is 2.32. The van der Waals surface area contributed by atoms with Gasteiger partial charge in [-0.2, -0.15) is 0 Å². The maximum Gasteiger partial charge on any atom is -0.00137 e. The van der Waals surface area contributed by atoms with Crippen LogP contribution in [0.3, 0.4) is 0 Å². The van der Waals surface area contributed by atoms with Gasteiger partial charge in [0.25, 0.3) is 0 Å². The van der Waals surface area contributed by atoms with Crippen LogP contribution in [0.25, 0.3) is 17.2 Å². The largest absolute Gasteiger partial charge is 0.0955 e. The van der Waals surface area contributed by atoms with Crippen LogP contribution in [0, 0.1) is 0 Å². The zero-order valence-corrected chi connectivity index (χ0v) is 10.6. The molecule has 0 spiro atoms. The van der Waals surface area contributed by atoms with E-state index in [0.29, 0.717) is 0 Å². The fraction of sp³-hybridized carbons (Fsp3) is 0.111. The standard InChI is InChI=1S/C18H16/c1-13(2)15-8-9-16-11-17(12-18(16)10-15)14-6-4-3-5-7-14/h3-10,12H,1,11H2,2H3. The molecule has 0 nitrogen and oxygen atoms in total. The highest BCUT2D eigenvalue weighted by atomic mass is 14.2. The molecule has 0 amide bonds. The minimum absolute atomic E-state index is 1.04. The molecule has 0 heterocycles. The van der Waals surface area contributed by atoms with Gasteiger partial charge < -0.3 is 0 Å². The Bertz CT molecular complexity index is 630. The van der Waals surface area contributed by atoms with Crippen molar-refractivity contribution in [2.45, 2.75) is 13.3 Å². The third-order valence-corrected chi connectivity index (χ3v) is 3.49. The molecule has 0 radical (unpaired) electrons. The molecule has 0 saturated heterocycles. The van der Waals surface area contributed by atoms with Gasteiger partial charge in [0.05, 0.1) is 0 Å². The zero-order valence-electron chi connectivity index (χ0n) is 10.6. The minimum atomic E-state index is 1.04. The molecule has 0 bridgehead atoms. The topological polar surface area (TPSA) is 0 Å². The van der Waals surface area contributed by atoms with E-state index in [-0.39, 0.29) is 0 Å². The molecule has 88 valence electrons. The molecule has 0 fully saturated rings. The van der Waals surface area contributed by atoms with Crippen molar-refractivity contribution < 1.29 is 0 Å². The Kier molecular flexibility index (Phi) is 2.64. The summed E-state index contributed by atoms with van der Waals surface area (Å²) in [5.41, 5.74) is 7.85. The lowest BCUT2D eigenvalue weighted by Gasteiger charge is -2.03. The van der Waals surface area contributed by atoms with Gasteiger partial charge in [-0.15, -0.1) is 0 Å². The van der Waals surface area contributed by atoms with Crippen LogP contribution < -0.4 is 0 Å². The van der Waals surface area contributed by atoms with Crippen LogP contribution in [0.1, 0.15) is 29.2 Å². The molecule has 0 N–H and O–H groups in total. The van der Waals surface area contributed by atoms with E-state index < -0.39 is 0 Å². The van der Waals surface area contributed by atoms with Crippen molar-refractivity contribution in [3.63, 3.8) is 0 Å². The number of hydrogen-bond acceptors (Lipinski definition) is 0. The summed E-state index contributed by atoms with van der Waals surface area (Å²) >= 11 is 0. The molecular weight excluding hydrogens is 216 g/mol.